The van der Waals surface area contributed by atoms with Crippen molar-refractivity contribution in [1.82, 2.24) is 4.90 Å². The van der Waals surface area contributed by atoms with Gasteiger partial charge in [0, 0.05) is 30.4 Å². The van der Waals surface area contributed by atoms with E-state index in [0.717, 1.165) is 24.3 Å². The minimum absolute atomic E-state index is 0.0193. The first-order valence-corrected chi connectivity index (χ1v) is 10.5. The van der Waals surface area contributed by atoms with E-state index in [1.165, 1.54) is 11.1 Å². The third-order valence-electron chi connectivity index (χ3n) is 4.84. The van der Waals surface area contributed by atoms with Crippen molar-refractivity contribution in [3.05, 3.63) is 65.7 Å². The van der Waals surface area contributed by atoms with Crippen LogP contribution in [0.15, 0.2) is 54.6 Å². The second-order valence-corrected chi connectivity index (χ2v) is 7.98. The summed E-state index contributed by atoms with van der Waals surface area (Å²) in [5, 5.41) is 2.97. The van der Waals surface area contributed by atoms with Crippen LogP contribution in [-0.2, 0) is 15.3 Å². The maximum absolute atomic E-state index is 12.4. The van der Waals surface area contributed by atoms with Crippen molar-refractivity contribution in [3.63, 3.8) is 0 Å². The molecule has 27 heavy (non-hydrogen) atoms. The van der Waals surface area contributed by atoms with Crippen LogP contribution in [0.2, 0.25) is 0 Å². The third-order valence-corrected chi connectivity index (χ3v) is 5.83. The number of rotatable bonds is 6. The average Bonchev–Trinajstić information content (AvgIpc) is 2.69. The Morgan fingerprint density at radius 3 is 2.52 bits per heavy atom. The zero-order valence-electron chi connectivity index (χ0n) is 15.7. The largest absolute Gasteiger partial charge is 0.342 e. The SMILES string of the molecule is Cc1cccc(CSCC(=O)N2CCC(C(=O)Nc3ccccc3)CC2)c1. The van der Waals surface area contributed by atoms with Crippen LogP contribution in [0.1, 0.15) is 24.0 Å². The first-order chi connectivity index (χ1) is 13.1. The van der Waals surface area contributed by atoms with Crippen LogP contribution in [0, 0.1) is 12.8 Å². The number of benzene rings is 2. The summed E-state index contributed by atoms with van der Waals surface area (Å²) in [5.74, 6) is 1.56. The number of carbonyl (C=O) groups excluding carboxylic acids is 2. The van der Waals surface area contributed by atoms with E-state index in [0.29, 0.717) is 18.8 Å². The zero-order chi connectivity index (χ0) is 19.1. The van der Waals surface area contributed by atoms with E-state index in [1.54, 1.807) is 11.8 Å². The number of thioether (sulfide) groups is 1. The summed E-state index contributed by atoms with van der Waals surface area (Å²) < 4.78 is 0. The van der Waals surface area contributed by atoms with E-state index in [2.05, 4.69) is 36.5 Å². The Bertz CT molecular complexity index is 771. The fraction of sp³-hybridized carbons (Fsp3) is 0.364. The van der Waals surface area contributed by atoms with Gasteiger partial charge in [-0.1, -0.05) is 48.0 Å². The van der Waals surface area contributed by atoms with Crippen molar-refractivity contribution in [2.45, 2.75) is 25.5 Å². The van der Waals surface area contributed by atoms with Crippen molar-refractivity contribution in [2.24, 2.45) is 5.92 Å². The van der Waals surface area contributed by atoms with Crippen molar-refractivity contribution >= 4 is 29.3 Å². The number of nitrogens with one attached hydrogen (secondary N) is 1. The lowest BCUT2D eigenvalue weighted by Gasteiger charge is -2.31. The molecule has 1 N–H and O–H groups in total. The van der Waals surface area contributed by atoms with Crippen molar-refractivity contribution in [1.29, 1.82) is 0 Å². The van der Waals surface area contributed by atoms with E-state index in [-0.39, 0.29) is 17.7 Å². The number of nitrogens with zero attached hydrogens (tertiary/aromatic N) is 1. The topological polar surface area (TPSA) is 49.4 Å². The first kappa shape index (κ1) is 19.5. The molecule has 1 saturated heterocycles. The average molecular weight is 383 g/mol. The number of aryl methyl sites for hydroxylation is 1. The molecule has 2 amide bonds. The van der Waals surface area contributed by atoms with E-state index < -0.39 is 0 Å². The van der Waals surface area contributed by atoms with Gasteiger partial charge in [0.15, 0.2) is 0 Å². The molecule has 2 aromatic rings. The predicted octanol–water partition coefficient (Wildman–Crippen LogP) is 4.11. The molecular weight excluding hydrogens is 356 g/mol. The number of anilines is 1. The van der Waals surface area contributed by atoms with Crippen LogP contribution in [0.3, 0.4) is 0 Å². The lowest BCUT2D eigenvalue weighted by atomic mass is 9.96. The molecule has 5 heteroatoms. The van der Waals surface area contributed by atoms with Crippen LogP contribution < -0.4 is 5.32 Å². The zero-order valence-corrected chi connectivity index (χ0v) is 16.5. The number of para-hydroxylation sites is 1. The van der Waals surface area contributed by atoms with Gasteiger partial charge < -0.3 is 10.2 Å². The van der Waals surface area contributed by atoms with Gasteiger partial charge in [0.25, 0.3) is 0 Å². The number of hydrogen-bond donors (Lipinski definition) is 1. The molecule has 0 bridgehead atoms. The van der Waals surface area contributed by atoms with E-state index >= 15 is 0 Å². The highest BCUT2D eigenvalue weighted by atomic mass is 32.2. The second kappa shape index (κ2) is 9.60. The van der Waals surface area contributed by atoms with Gasteiger partial charge in [-0.15, -0.1) is 11.8 Å². The van der Waals surface area contributed by atoms with Crippen LogP contribution in [0.25, 0.3) is 0 Å². The fourth-order valence-electron chi connectivity index (χ4n) is 3.31. The molecule has 2 aromatic carbocycles. The summed E-state index contributed by atoms with van der Waals surface area (Å²) in [6, 6.07) is 17.9. The van der Waals surface area contributed by atoms with Gasteiger partial charge in [-0.2, -0.15) is 0 Å². The van der Waals surface area contributed by atoms with Crippen LogP contribution in [-0.4, -0.2) is 35.6 Å². The molecule has 0 aromatic heterocycles. The molecule has 0 radical (unpaired) electrons. The monoisotopic (exact) mass is 382 g/mol. The third kappa shape index (κ3) is 5.86. The Labute approximate surface area is 165 Å². The minimum Gasteiger partial charge on any atom is -0.342 e. The molecule has 1 aliphatic rings. The molecule has 1 aliphatic heterocycles. The highest BCUT2D eigenvalue weighted by Gasteiger charge is 2.27. The molecule has 0 saturated carbocycles. The van der Waals surface area contributed by atoms with Gasteiger partial charge >= 0.3 is 0 Å². The highest BCUT2D eigenvalue weighted by Crippen LogP contribution is 2.21. The molecule has 0 spiro atoms. The highest BCUT2D eigenvalue weighted by molar-refractivity contribution is 7.99. The first-order valence-electron chi connectivity index (χ1n) is 9.39. The summed E-state index contributed by atoms with van der Waals surface area (Å²) in [7, 11) is 0. The molecule has 4 nitrogen and oxygen atoms in total. The van der Waals surface area contributed by atoms with Crippen molar-refractivity contribution in [2.75, 3.05) is 24.2 Å². The minimum atomic E-state index is -0.0193. The van der Waals surface area contributed by atoms with Crippen molar-refractivity contribution < 1.29 is 9.59 Å². The Morgan fingerprint density at radius 1 is 1.07 bits per heavy atom. The van der Waals surface area contributed by atoms with Gasteiger partial charge in [0.05, 0.1) is 5.75 Å². The summed E-state index contributed by atoms with van der Waals surface area (Å²) in [4.78, 5) is 26.7. The van der Waals surface area contributed by atoms with Gasteiger partial charge in [-0.05, 0) is 37.5 Å². The second-order valence-electron chi connectivity index (χ2n) is 6.99. The Hall–Kier alpha value is -2.27. The molecule has 0 aliphatic carbocycles. The number of carbonyl (C=O) groups is 2. The quantitative estimate of drug-likeness (QED) is 0.818. The number of hydrogen-bond acceptors (Lipinski definition) is 3. The summed E-state index contributed by atoms with van der Waals surface area (Å²) in [6.45, 7) is 3.41. The van der Waals surface area contributed by atoms with Crippen LogP contribution in [0.4, 0.5) is 5.69 Å². The van der Waals surface area contributed by atoms with Gasteiger partial charge in [0.2, 0.25) is 11.8 Å². The molecule has 142 valence electrons. The Balaban J connectivity index is 1.39. The summed E-state index contributed by atoms with van der Waals surface area (Å²) in [6.07, 6.45) is 1.46. The summed E-state index contributed by atoms with van der Waals surface area (Å²) >= 11 is 1.66. The Kier molecular flexibility index (Phi) is 6.93. The molecule has 0 atom stereocenters. The van der Waals surface area contributed by atoms with E-state index in [9.17, 15) is 9.59 Å². The molecular formula is C22H26N2O2S. The van der Waals surface area contributed by atoms with Gasteiger partial charge in [-0.3, -0.25) is 9.59 Å². The van der Waals surface area contributed by atoms with Crippen LogP contribution in [0.5, 0.6) is 0 Å². The van der Waals surface area contributed by atoms with Crippen molar-refractivity contribution in [3.8, 4) is 0 Å². The fourth-order valence-corrected chi connectivity index (χ4v) is 4.18. The molecule has 0 unspecified atom stereocenters. The molecule has 3 rings (SSSR count). The molecule has 1 fully saturated rings. The standard InChI is InChI=1S/C22H26N2O2S/c1-17-6-5-7-18(14-17)15-27-16-21(25)24-12-10-19(11-13-24)22(26)23-20-8-3-2-4-9-20/h2-9,14,19H,10-13,15-16H2,1H3,(H,23,26). The van der Waals surface area contributed by atoms with E-state index in [4.69, 9.17) is 0 Å². The van der Waals surface area contributed by atoms with Crippen LogP contribution >= 0.6 is 11.8 Å². The lowest BCUT2D eigenvalue weighted by molar-refractivity contribution is -0.132. The maximum atomic E-state index is 12.4. The maximum Gasteiger partial charge on any atom is 0.232 e. The smallest absolute Gasteiger partial charge is 0.232 e. The Morgan fingerprint density at radius 2 is 1.81 bits per heavy atom. The number of piperidine rings is 1. The van der Waals surface area contributed by atoms with Gasteiger partial charge in [-0.25, -0.2) is 0 Å². The lowest BCUT2D eigenvalue weighted by Crippen LogP contribution is -2.42. The number of amides is 2. The number of likely N-dealkylation sites (tertiary alicyclic amines) is 1. The molecule has 1 heterocycles. The summed E-state index contributed by atoms with van der Waals surface area (Å²) in [5.41, 5.74) is 3.33. The van der Waals surface area contributed by atoms with E-state index in [1.807, 2.05) is 35.2 Å². The normalized spacial score (nSPS) is 14.8. The van der Waals surface area contributed by atoms with Gasteiger partial charge in [0.1, 0.15) is 0 Å². The predicted molar refractivity (Wildman–Crippen MR) is 112 cm³/mol.